The van der Waals surface area contributed by atoms with Gasteiger partial charge < -0.3 is 25.4 Å². The van der Waals surface area contributed by atoms with E-state index in [1.807, 2.05) is 0 Å². The molecular weight excluding hydrogens is 234 g/mol. The van der Waals surface area contributed by atoms with Gasteiger partial charge in [-0.15, -0.1) is 0 Å². The number of rotatable bonds is 8. The van der Waals surface area contributed by atoms with E-state index in [0.717, 1.165) is 18.8 Å². The first-order valence-electron chi connectivity index (χ1n) is 6.91. The van der Waals surface area contributed by atoms with Gasteiger partial charge >= 0.3 is 0 Å². The van der Waals surface area contributed by atoms with Crippen LogP contribution in [0, 0.1) is 5.92 Å². The monoisotopic (exact) mass is 261 g/mol. The fraction of sp³-hybridized carbons (Fsp3) is 1.00. The van der Waals surface area contributed by atoms with E-state index in [2.05, 4.69) is 12.2 Å². The summed E-state index contributed by atoms with van der Waals surface area (Å²) in [6, 6.07) is 0. The number of hydrogen-bond donors (Lipinski definition) is 4. The maximum absolute atomic E-state index is 9.70. The lowest BCUT2D eigenvalue weighted by molar-refractivity contribution is -0.0313. The van der Waals surface area contributed by atoms with Crippen molar-refractivity contribution in [3.05, 3.63) is 0 Å². The van der Waals surface area contributed by atoms with Crippen LogP contribution < -0.4 is 5.32 Å². The predicted octanol–water partition coefficient (Wildman–Crippen LogP) is -0.115. The third-order valence-electron chi connectivity index (χ3n) is 3.38. The predicted molar refractivity (Wildman–Crippen MR) is 69.3 cm³/mol. The molecule has 1 aliphatic carbocycles. The van der Waals surface area contributed by atoms with Crippen LogP contribution in [0.3, 0.4) is 0 Å². The largest absolute Gasteiger partial charge is 0.394 e. The molecule has 0 bridgehead atoms. The Morgan fingerprint density at radius 2 is 1.94 bits per heavy atom. The van der Waals surface area contributed by atoms with Crippen LogP contribution in [0.1, 0.15) is 32.6 Å². The lowest BCUT2D eigenvalue weighted by atomic mass is 9.89. The third-order valence-corrected chi connectivity index (χ3v) is 3.38. The molecule has 0 aliphatic heterocycles. The van der Waals surface area contributed by atoms with Crippen molar-refractivity contribution >= 4 is 0 Å². The number of nitrogens with one attached hydrogen (secondary N) is 1. The van der Waals surface area contributed by atoms with E-state index in [9.17, 15) is 5.11 Å². The molecule has 0 saturated heterocycles. The maximum atomic E-state index is 9.70. The molecule has 0 aromatic rings. The maximum Gasteiger partial charge on any atom is 0.0897 e. The molecule has 0 aromatic heterocycles. The van der Waals surface area contributed by atoms with Gasteiger partial charge in [-0.2, -0.15) is 0 Å². The van der Waals surface area contributed by atoms with Crippen LogP contribution in [-0.2, 0) is 4.74 Å². The SMILES string of the molecule is CC1CCCC(OCC(O)CNCC(O)CO)C1. The summed E-state index contributed by atoms with van der Waals surface area (Å²) >= 11 is 0. The van der Waals surface area contributed by atoms with Crippen LogP contribution in [-0.4, -0.2) is 59.9 Å². The van der Waals surface area contributed by atoms with Crippen LogP contribution in [0.25, 0.3) is 0 Å². The highest BCUT2D eigenvalue weighted by atomic mass is 16.5. The van der Waals surface area contributed by atoms with Gasteiger partial charge in [0.05, 0.1) is 31.5 Å². The molecular formula is C13H27NO4. The van der Waals surface area contributed by atoms with Crippen LogP contribution in [0.15, 0.2) is 0 Å². The molecule has 0 heterocycles. The Bertz CT molecular complexity index is 215. The molecule has 1 saturated carbocycles. The Labute approximate surface area is 109 Å². The van der Waals surface area contributed by atoms with Gasteiger partial charge in [-0.3, -0.25) is 0 Å². The van der Waals surface area contributed by atoms with Crippen molar-refractivity contribution in [2.24, 2.45) is 5.92 Å². The van der Waals surface area contributed by atoms with Crippen molar-refractivity contribution in [1.29, 1.82) is 0 Å². The molecule has 108 valence electrons. The second-order valence-electron chi connectivity index (χ2n) is 5.38. The summed E-state index contributed by atoms with van der Waals surface area (Å²) in [4.78, 5) is 0. The zero-order chi connectivity index (χ0) is 13.4. The van der Waals surface area contributed by atoms with Gasteiger partial charge in [-0.25, -0.2) is 0 Å². The lowest BCUT2D eigenvalue weighted by Gasteiger charge is -2.27. The first-order valence-corrected chi connectivity index (χ1v) is 6.91. The van der Waals surface area contributed by atoms with E-state index in [0.29, 0.717) is 13.2 Å². The number of aliphatic hydroxyl groups is 3. The second kappa shape index (κ2) is 8.82. The minimum absolute atomic E-state index is 0.264. The van der Waals surface area contributed by atoms with E-state index in [1.54, 1.807) is 0 Å². The lowest BCUT2D eigenvalue weighted by Crippen LogP contribution is -2.37. The summed E-state index contributed by atoms with van der Waals surface area (Å²) in [7, 11) is 0. The van der Waals surface area contributed by atoms with Gasteiger partial charge in [-0.1, -0.05) is 19.8 Å². The molecule has 1 fully saturated rings. The van der Waals surface area contributed by atoms with Gasteiger partial charge in [0.1, 0.15) is 0 Å². The Balaban J connectivity index is 2.03. The van der Waals surface area contributed by atoms with Gasteiger partial charge in [0, 0.05) is 13.1 Å². The molecule has 4 unspecified atom stereocenters. The molecule has 4 atom stereocenters. The fourth-order valence-corrected chi connectivity index (χ4v) is 2.32. The van der Waals surface area contributed by atoms with Crippen molar-refractivity contribution in [3.63, 3.8) is 0 Å². The Hall–Kier alpha value is -0.200. The summed E-state index contributed by atoms with van der Waals surface area (Å²) in [6.07, 6.45) is 3.63. The van der Waals surface area contributed by atoms with Gasteiger partial charge in [0.15, 0.2) is 0 Å². The number of aliphatic hydroxyl groups excluding tert-OH is 3. The first kappa shape index (κ1) is 15.9. The molecule has 5 nitrogen and oxygen atoms in total. The summed E-state index contributed by atoms with van der Waals surface area (Å²) in [6.45, 7) is 2.97. The summed E-state index contributed by atoms with van der Waals surface area (Å²) in [5.41, 5.74) is 0. The smallest absolute Gasteiger partial charge is 0.0897 e. The van der Waals surface area contributed by atoms with Gasteiger partial charge in [0.25, 0.3) is 0 Å². The molecule has 18 heavy (non-hydrogen) atoms. The molecule has 1 aliphatic rings. The highest BCUT2D eigenvalue weighted by molar-refractivity contribution is 4.71. The van der Waals surface area contributed by atoms with E-state index in [-0.39, 0.29) is 19.3 Å². The quantitative estimate of drug-likeness (QED) is 0.490. The zero-order valence-corrected chi connectivity index (χ0v) is 11.2. The number of ether oxygens (including phenoxy) is 1. The topological polar surface area (TPSA) is 82.0 Å². The highest BCUT2D eigenvalue weighted by Crippen LogP contribution is 2.25. The molecule has 0 aromatic carbocycles. The summed E-state index contributed by atoms with van der Waals surface area (Å²) < 4.78 is 5.70. The first-order chi connectivity index (χ1) is 8.61. The normalized spacial score (nSPS) is 28.0. The summed E-state index contributed by atoms with van der Waals surface area (Å²) in [5, 5.41) is 30.3. The van der Waals surface area contributed by atoms with Gasteiger partial charge in [-0.05, 0) is 18.8 Å². The zero-order valence-electron chi connectivity index (χ0n) is 11.2. The Morgan fingerprint density at radius 1 is 1.22 bits per heavy atom. The Kier molecular flexibility index (Phi) is 7.77. The van der Waals surface area contributed by atoms with Crippen LogP contribution in [0.5, 0.6) is 0 Å². The minimum Gasteiger partial charge on any atom is -0.394 e. The standard InChI is InChI=1S/C13H27NO4/c1-10-3-2-4-13(5-10)18-9-12(17)7-14-6-11(16)8-15/h10-17H,2-9H2,1H3. The van der Waals surface area contributed by atoms with Crippen molar-refractivity contribution in [1.82, 2.24) is 5.32 Å². The fourth-order valence-electron chi connectivity index (χ4n) is 2.32. The minimum atomic E-state index is -0.766. The van der Waals surface area contributed by atoms with Crippen molar-refractivity contribution in [2.75, 3.05) is 26.3 Å². The van der Waals surface area contributed by atoms with Gasteiger partial charge in [0.2, 0.25) is 0 Å². The Morgan fingerprint density at radius 3 is 2.61 bits per heavy atom. The molecule has 0 spiro atoms. The molecule has 5 heteroatoms. The molecule has 4 N–H and O–H groups in total. The van der Waals surface area contributed by atoms with Crippen molar-refractivity contribution in [2.45, 2.75) is 50.9 Å². The van der Waals surface area contributed by atoms with Crippen LogP contribution in [0.4, 0.5) is 0 Å². The van der Waals surface area contributed by atoms with Crippen LogP contribution in [0.2, 0.25) is 0 Å². The molecule has 1 rings (SSSR count). The second-order valence-corrected chi connectivity index (χ2v) is 5.38. The molecule has 0 amide bonds. The van der Waals surface area contributed by atoms with E-state index < -0.39 is 12.2 Å². The van der Waals surface area contributed by atoms with Crippen molar-refractivity contribution in [3.8, 4) is 0 Å². The third kappa shape index (κ3) is 6.66. The average Bonchev–Trinajstić information content (AvgIpc) is 2.36. The molecule has 0 radical (unpaired) electrons. The van der Waals surface area contributed by atoms with E-state index >= 15 is 0 Å². The van der Waals surface area contributed by atoms with Crippen molar-refractivity contribution < 1.29 is 20.1 Å². The average molecular weight is 261 g/mol. The summed E-state index contributed by atoms with van der Waals surface area (Å²) in [5.74, 6) is 0.721. The highest BCUT2D eigenvalue weighted by Gasteiger charge is 2.20. The van der Waals surface area contributed by atoms with Crippen LogP contribution >= 0.6 is 0 Å². The van der Waals surface area contributed by atoms with E-state index in [4.69, 9.17) is 14.9 Å². The van der Waals surface area contributed by atoms with E-state index in [1.165, 1.54) is 12.8 Å². The number of hydrogen-bond acceptors (Lipinski definition) is 5.